The molecule has 2 heteroatoms. The molecule has 0 aromatic rings. The molecule has 56 valence electrons. The highest BCUT2D eigenvalue weighted by Gasteiger charge is 2.05. The quantitative estimate of drug-likeness (QED) is 0.507. The van der Waals surface area contributed by atoms with Crippen molar-refractivity contribution in [1.29, 1.82) is 0 Å². The van der Waals surface area contributed by atoms with Crippen molar-refractivity contribution in [1.82, 2.24) is 5.32 Å². The van der Waals surface area contributed by atoms with Crippen LogP contribution in [0.15, 0.2) is 0 Å². The first-order valence-electron chi connectivity index (χ1n) is 3.86. The lowest BCUT2D eigenvalue weighted by Crippen LogP contribution is -2.39. The summed E-state index contributed by atoms with van der Waals surface area (Å²) in [5, 5.41) is 3.21. The van der Waals surface area contributed by atoms with Gasteiger partial charge in [0.25, 0.3) is 0 Å². The molecule has 0 aromatic carbocycles. The van der Waals surface area contributed by atoms with E-state index in [2.05, 4.69) is 5.32 Å². The van der Waals surface area contributed by atoms with Gasteiger partial charge >= 0.3 is 0 Å². The molecule has 1 aliphatic rings. The SMILES string of the molecule is CC.NC1CCCNC1. The summed E-state index contributed by atoms with van der Waals surface area (Å²) >= 11 is 0. The van der Waals surface area contributed by atoms with E-state index >= 15 is 0 Å². The Kier molecular flexibility index (Phi) is 5.99. The third-order valence-corrected chi connectivity index (χ3v) is 1.33. The van der Waals surface area contributed by atoms with Gasteiger partial charge in [-0.25, -0.2) is 0 Å². The summed E-state index contributed by atoms with van der Waals surface area (Å²) in [6.45, 7) is 6.17. The van der Waals surface area contributed by atoms with Crippen LogP contribution >= 0.6 is 0 Å². The summed E-state index contributed by atoms with van der Waals surface area (Å²) in [5.41, 5.74) is 5.57. The van der Waals surface area contributed by atoms with E-state index in [1.807, 2.05) is 13.8 Å². The van der Waals surface area contributed by atoms with Gasteiger partial charge in [0, 0.05) is 12.6 Å². The lowest BCUT2D eigenvalue weighted by molar-refractivity contribution is 0.459. The molecule has 1 aliphatic heterocycles. The van der Waals surface area contributed by atoms with Crippen molar-refractivity contribution in [2.75, 3.05) is 13.1 Å². The number of rotatable bonds is 0. The van der Waals surface area contributed by atoms with E-state index in [9.17, 15) is 0 Å². The molecular weight excluding hydrogens is 112 g/mol. The Labute approximate surface area is 57.8 Å². The fourth-order valence-corrected chi connectivity index (χ4v) is 0.879. The van der Waals surface area contributed by atoms with Gasteiger partial charge in [0.05, 0.1) is 0 Å². The van der Waals surface area contributed by atoms with E-state index in [1.54, 1.807) is 0 Å². The summed E-state index contributed by atoms with van der Waals surface area (Å²) < 4.78 is 0. The lowest BCUT2D eigenvalue weighted by Gasteiger charge is -2.17. The van der Waals surface area contributed by atoms with Gasteiger partial charge in [-0.3, -0.25) is 0 Å². The zero-order chi connectivity index (χ0) is 7.11. The first-order chi connectivity index (χ1) is 4.39. The molecule has 1 unspecified atom stereocenters. The van der Waals surface area contributed by atoms with Crippen LogP contribution < -0.4 is 11.1 Å². The van der Waals surface area contributed by atoms with Crippen molar-refractivity contribution < 1.29 is 0 Å². The van der Waals surface area contributed by atoms with Crippen molar-refractivity contribution in [3.63, 3.8) is 0 Å². The maximum Gasteiger partial charge on any atom is 0.0165 e. The van der Waals surface area contributed by atoms with Crippen LogP contribution in [0.5, 0.6) is 0 Å². The van der Waals surface area contributed by atoms with Gasteiger partial charge < -0.3 is 11.1 Å². The Morgan fingerprint density at radius 3 is 2.33 bits per heavy atom. The molecule has 9 heavy (non-hydrogen) atoms. The summed E-state index contributed by atoms with van der Waals surface area (Å²) in [7, 11) is 0. The van der Waals surface area contributed by atoms with Crippen LogP contribution in [0.4, 0.5) is 0 Å². The standard InChI is InChI=1S/C5H12N2.C2H6/c6-5-2-1-3-7-4-5;1-2/h5,7H,1-4,6H2;1-2H3. The smallest absolute Gasteiger partial charge is 0.0165 e. The molecular formula is C7H18N2. The van der Waals surface area contributed by atoms with Crippen LogP contribution in [-0.4, -0.2) is 19.1 Å². The van der Waals surface area contributed by atoms with Crippen LogP contribution in [0.1, 0.15) is 26.7 Å². The van der Waals surface area contributed by atoms with Gasteiger partial charge in [0.1, 0.15) is 0 Å². The molecule has 1 heterocycles. The largest absolute Gasteiger partial charge is 0.327 e. The molecule has 0 saturated carbocycles. The van der Waals surface area contributed by atoms with Crippen LogP contribution in [-0.2, 0) is 0 Å². The Balaban J connectivity index is 0.000000291. The first kappa shape index (κ1) is 8.92. The van der Waals surface area contributed by atoms with Gasteiger partial charge in [0.2, 0.25) is 0 Å². The highest BCUT2D eigenvalue weighted by Crippen LogP contribution is 1.96. The van der Waals surface area contributed by atoms with E-state index in [1.165, 1.54) is 12.8 Å². The molecule has 0 radical (unpaired) electrons. The highest BCUT2D eigenvalue weighted by atomic mass is 14.9. The number of hydrogen-bond acceptors (Lipinski definition) is 2. The van der Waals surface area contributed by atoms with Crippen molar-refractivity contribution in [2.45, 2.75) is 32.7 Å². The normalized spacial score (nSPS) is 26.3. The Hall–Kier alpha value is -0.0800. The molecule has 2 nitrogen and oxygen atoms in total. The summed E-state index contributed by atoms with van der Waals surface area (Å²) in [5.74, 6) is 0. The van der Waals surface area contributed by atoms with Crippen molar-refractivity contribution in [2.24, 2.45) is 5.73 Å². The zero-order valence-electron chi connectivity index (χ0n) is 6.48. The molecule has 1 saturated heterocycles. The zero-order valence-corrected chi connectivity index (χ0v) is 6.48. The molecule has 1 atom stereocenters. The third kappa shape index (κ3) is 4.43. The average molecular weight is 130 g/mol. The highest BCUT2D eigenvalue weighted by molar-refractivity contribution is 4.69. The van der Waals surface area contributed by atoms with Gasteiger partial charge in [0.15, 0.2) is 0 Å². The second-order valence-corrected chi connectivity index (χ2v) is 2.11. The second kappa shape index (κ2) is 6.05. The molecule has 0 bridgehead atoms. The van der Waals surface area contributed by atoms with E-state index in [4.69, 9.17) is 5.73 Å². The predicted molar refractivity (Wildman–Crippen MR) is 41.4 cm³/mol. The minimum absolute atomic E-state index is 0.425. The van der Waals surface area contributed by atoms with Gasteiger partial charge in [-0.2, -0.15) is 0 Å². The Bertz CT molecular complexity index is 48.9. The lowest BCUT2D eigenvalue weighted by atomic mass is 10.1. The van der Waals surface area contributed by atoms with E-state index in [-0.39, 0.29) is 0 Å². The Morgan fingerprint density at radius 1 is 1.44 bits per heavy atom. The van der Waals surface area contributed by atoms with E-state index in [0.717, 1.165) is 13.1 Å². The first-order valence-corrected chi connectivity index (χ1v) is 3.86. The average Bonchev–Trinajstić information content (AvgIpc) is 1.94. The molecule has 1 rings (SSSR count). The van der Waals surface area contributed by atoms with Crippen molar-refractivity contribution in [3.05, 3.63) is 0 Å². The third-order valence-electron chi connectivity index (χ3n) is 1.33. The summed E-state index contributed by atoms with van der Waals surface area (Å²) in [6, 6.07) is 0.425. The van der Waals surface area contributed by atoms with Crippen molar-refractivity contribution >= 4 is 0 Å². The maximum atomic E-state index is 5.57. The molecule has 1 fully saturated rings. The number of piperidine rings is 1. The van der Waals surface area contributed by atoms with Crippen LogP contribution in [0, 0.1) is 0 Å². The molecule has 0 aliphatic carbocycles. The van der Waals surface area contributed by atoms with Crippen molar-refractivity contribution in [3.8, 4) is 0 Å². The fourth-order valence-electron chi connectivity index (χ4n) is 0.879. The molecule has 0 amide bonds. The van der Waals surface area contributed by atoms with E-state index < -0.39 is 0 Å². The van der Waals surface area contributed by atoms with E-state index in [0.29, 0.717) is 6.04 Å². The number of hydrogen-bond donors (Lipinski definition) is 2. The monoisotopic (exact) mass is 130 g/mol. The van der Waals surface area contributed by atoms with Gasteiger partial charge in [-0.1, -0.05) is 13.8 Å². The maximum absolute atomic E-state index is 5.57. The minimum Gasteiger partial charge on any atom is -0.327 e. The van der Waals surface area contributed by atoms with Crippen LogP contribution in [0.2, 0.25) is 0 Å². The predicted octanol–water partition coefficient (Wildman–Crippen LogP) is 0.723. The minimum atomic E-state index is 0.425. The molecule has 0 spiro atoms. The van der Waals surface area contributed by atoms with Gasteiger partial charge in [-0.05, 0) is 19.4 Å². The van der Waals surface area contributed by atoms with Crippen LogP contribution in [0.3, 0.4) is 0 Å². The fraction of sp³-hybridized carbons (Fsp3) is 1.00. The second-order valence-electron chi connectivity index (χ2n) is 2.11. The summed E-state index contributed by atoms with van der Waals surface area (Å²) in [4.78, 5) is 0. The number of nitrogens with one attached hydrogen (secondary N) is 1. The summed E-state index contributed by atoms with van der Waals surface area (Å²) in [6.07, 6.45) is 2.45. The topological polar surface area (TPSA) is 38.0 Å². The molecule has 3 N–H and O–H groups in total. The van der Waals surface area contributed by atoms with Gasteiger partial charge in [-0.15, -0.1) is 0 Å². The Morgan fingerprint density at radius 2 is 2.11 bits per heavy atom. The van der Waals surface area contributed by atoms with Crippen LogP contribution in [0.25, 0.3) is 0 Å². The number of nitrogens with two attached hydrogens (primary N) is 1. The molecule has 0 aromatic heterocycles.